The fourth-order valence-electron chi connectivity index (χ4n) is 3.52. The number of carbonyl (C=O) groups is 2. The molecule has 0 saturated carbocycles. The highest BCUT2D eigenvalue weighted by molar-refractivity contribution is 6.06. The quantitative estimate of drug-likeness (QED) is 0.483. The van der Waals surface area contributed by atoms with Gasteiger partial charge in [0.2, 0.25) is 0 Å². The molecule has 162 valence electrons. The molecule has 2 aromatic heterocycles. The normalized spacial score (nSPS) is 16.6. The van der Waals surface area contributed by atoms with E-state index in [1.165, 1.54) is 40.0 Å². The van der Waals surface area contributed by atoms with Crippen LogP contribution in [0.5, 0.6) is 0 Å². The van der Waals surface area contributed by atoms with Crippen LogP contribution in [-0.2, 0) is 6.18 Å². The number of Topliss-reactive ketones (excluding diaryl/α,β-unsaturated/α-hetero) is 1. The highest BCUT2D eigenvalue weighted by Gasteiger charge is 2.39. The summed E-state index contributed by atoms with van der Waals surface area (Å²) in [6.07, 6.45) is -2.61. The van der Waals surface area contributed by atoms with Crippen LogP contribution in [0.25, 0.3) is 5.69 Å². The molecule has 1 atom stereocenters. The van der Waals surface area contributed by atoms with Crippen LogP contribution in [0.4, 0.5) is 23.4 Å². The Kier molecular flexibility index (Phi) is 4.99. The number of benzene rings is 1. The number of rotatable bonds is 4. The first kappa shape index (κ1) is 20.6. The zero-order valence-corrected chi connectivity index (χ0v) is 15.9. The Morgan fingerprint density at radius 2 is 1.90 bits per heavy atom. The zero-order valence-electron chi connectivity index (χ0n) is 15.9. The van der Waals surface area contributed by atoms with Crippen LogP contribution < -0.4 is 5.73 Å². The molecule has 1 fully saturated rings. The molecule has 3 heterocycles. The number of ketones is 1. The maximum absolute atomic E-state index is 13.1. The average molecular weight is 436 g/mol. The molecule has 3 N–H and O–H groups in total. The summed E-state index contributed by atoms with van der Waals surface area (Å²) >= 11 is 0. The molecular weight excluding hydrogens is 420 g/mol. The smallest absolute Gasteiger partial charge is 0.383 e. The molecule has 0 bridgehead atoms. The lowest BCUT2D eigenvalue weighted by Gasteiger charge is -2.22. The molecular formula is C19H16F4N6O2. The van der Waals surface area contributed by atoms with Crippen molar-refractivity contribution >= 4 is 17.5 Å². The van der Waals surface area contributed by atoms with E-state index in [-0.39, 0.29) is 17.9 Å². The monoisotopic (exact) mass is 436 g/mol. The second kappa shape index (κ2) is 7.52. The number of nitrogens with two attached hydrogens (primary N) is 1. The topological polar surface area (TPSA) is 110 Å². The van der Waals surface area contributed by atoms with Crippen LogP contribution in [0.3, 0.4) is 0 Å². The molecule has 1 amide bonds. The van der Waals surface area contributed by atoms with Gasteiger partial charge >= 0.3 is 6.18 Å². The molecule has 0 aliphatic carbocycles. The summed E-state index contributed by atoms with van der Waals surface area (Å²) in [5.41, 5.74) is 4.99. The van der Waals surface area contributed by atoms with E-state index in [0.717, 1.165) is 0 Å². The number of nitrogens with zero attached hydrogens (tertiary/aromatic N) is 4. The number of anilines is 1. The van der Waals surface area contributed by atoms with Crippen LogP contribution >= 0.6 is 0 Å². The molecule has 1 aromatic carbocycles. The van der Waals surface area contributed by atoms with Crippen LogP contribution in [0.1, 0.15) is 39.4 Å². The molecule has 4 rings (SSSR count). The molecule has 0 spiro atoms. The van der Waals surface area contributed by atoms with Gasteiger partial charge in [-0.1, -0.05) is 0 Å². The fraction of sp³-hybridized carbons (Fsp3) is 0.263. The Hall–Kier alpha value is -3.70. The van der Waals surface area contributed by atoms with Crippen LogP contribution in [-0.4, -0.2) is 49.2 Å². The fourth-order valence-corrected chi connectivity index (χ4v) is 3.52. The number of hydrogen-bond donors (Lipinski definition) is 2. The number of carbonyl (C=O) groups excluding carboxylic acids is 2. The van der Waals surface area contributed by atoms with E-state index in [4.69, 9.17) is 5.73 Å². The number of nitrogen functional groups attached to an aromatic ring is 1. The Labute approximate surface area is 172 Å². The van der Waals surface area contributed by atoms with Gasteiger partial charge in [-0.25, -0.2) is 9.07 Å². The number of likely N-dealkylation sites (tertiary alicyclic amines) is 1. The summed E-state index contributed by atoms with van der Waals surface area (Å²) in [5.74, 6) is -1.71. The molecule has 31 heavy (non-hydrogen) atoms. The van der Waals surface area contributed by atoms with Gasteiger partial charge in [0, 0.05) is 12.6 Å². The summed E-state index contributed by atoms with van der Waals surface area (Å²) in [6, 6.07) is 5.01. The number of halogens is 4. The first-order chi connectivity index (χ1) is 14.7. The molecule has 0 radical (unpaired) electrons. The molecule has 1 aliphatic rings. The van der Waals surface area contributed by atoms with Gasteiger partial charge in [-0.2, -0.15) is 23.4 Å². The minimum atomic E-state index is -4.67. The Balaban J connectivity index is 1.58. The summed E-state index contributed by atoms with van der Waals surface area (Å²) in [4.78, 5) is 27.0. The summed E-state index contributed by atoms with van der Waals surface area (Å²) in [5, 5.41) is 9.30. The Morgan fingerprint density at radius 3 is 2.55 bits per heavy atom. The van der Waals surface area contributed by atoms with E-state index in [1.807, 2.05) is 0 Å². The van der Waals surface area contributed by atoms with Gasteiger partial charge < -0.3 is 10.6 Å². The minimum absolute atomic E-state index is 0.00929. The predicted molar refractivity (Wildman–Crippen MR) is 99.9 cm³/mol. The van der Waals surface area contributed by atoms with Gasteiger partial charge in [0.05, 0.1) is 23.5 Å². The first-order valence-corrected chi connectivity index (χ1v) is 9.24. The number of nitrogens with one attached hydrogen (secondary N) is 1. The molecule has 1 unspecified atom stereocenters. The van der Waals surface area contributed by atoms with Crippen molar-refractivity contribution in [2.24, 2.45) is 0 Å². The third-order valence-electron chi connectivity index (χ3n) is 5.06. The van der Waals surface area contributed by atoms with Crippen molar-refractivity contribution in [1.82, 2.24) is 24.9 Å². The van der Waals surface area contributed by atoms with Gasteiger partial charge in [0.15, 0.2) is 11.5 Å². The van der Waals surface area contributed by atoms with Crippen LogP contribution in [0.15, 0.2) is 36.5 Å². The molecule has 1 aliphatic heterocycles. The third kappa shape index (κ3) is 3.76. The standard InChI is InChI=1S/C19H16F4N6O2/c20-10-3-5-11(6-4-10)29-17(24)12(9-25-29)16(30)14-2-1-7-28(14)18(31)13-8-15(27-26-13)19(21,22)23/h3-6,8-9,14H,1-2,7,24H2,(H,26,27). The van der Waals surface area contributed by atoms with Crippen molar-refractivity contribution in [3.05, 3.63) is 59.3 Å². The van der Waals surface area contributed by atoms with Crippen LogP contribution in [0.2, 0.25) is 0 Å². The maximum atomic E-state index is 13.1. The van der Waals surface area contributed by atoms with E-state index in [2.05, 4.69) is 10.2 Å². The highest BCUT2D eigenvalue weighted by Crippen LogP contribution is 2.30. The van der Waals surface area contributed by atoms with Crippen molar-refractivity contribution in [3.8, 4) is 5.69 Å². The predicted octanol–water partition coefficient (Wildman–Crippen LogP) is 2.82. The largest absolute Gasteiger partial charge is 0.432 e. The van der Waals surface area contributed by atoms with Crippen molar-refractivity contribution in [2.45, 2.75) is 25.1 Å². The molecule has 1 saturated heterocycles. The molecule has 8 nitrogen and oxygen atoms in total. The summed E-state index contributed by atoms with van der Waals surface area (Å²) in [7, 11) is 0. The summed E-state index contributed by atoms with van der Waals surface area (Å²) in [6.45, 7) is 0.190. The number of aromatic nitrogens is 4. The van der Waals surface area contributed by atoms with Gasteiger partial charge in [-0.15, -0.1) is 0 Å². The van der Waals surface area contributed by atoms with E-state index >= 15 is 0 Å². The van der Waals surface area contributed by atoms with E-state index in [0.29, 0.717) is 24.6 Å². The highest BCUT2D eigenvalue weighted by atomic mass is 19.4. The second-order valence-corrected chi connectivity index (χ2v) is 7.02. The van der Waals surface area contributed by atoms with Gasteiger partial charge in [-0.05, 0) is 37.1 Å². The van der Waals surface area contributed by atoms with E-state index in [1.54, 1.807) is 5.10 Å². The van der Waals surface area contributed by atoms with Crippen molar-refractivity contribution in [2.75, 3.05) is 12.3 Å². The lowest BCUT2D eigenvalue weighted by atomic mass is 10.0. The SMILES string of the molecule is Nc1c(C(=O)C2CCCN2C(=O)c2cc(C(F)(F)F)[nH]n2)cnn1-c1ccc(F)cc1. The van der Waals surface area contributed by atoms with Crippen molar-refractivity contribution in [3.63, 3.8) is 0 Å². The molecule has 12 heteroatoms. The van der Waals surface area contributed by atoms with Crippen LogP contribution in [0, 0.1) is 5.82 Å². The van der Waals surface area contributed by atoms with Gasteiger partial charge in [0.1, 0.15) is 17.3 Å². The van der Waals surface area contributed by atoms with Crippen molar-refractivity contribution in [1.29, 1.82) is 0 Å². The number of alkyl halides is 3. The average Bonchev–Trinajstić information content (AvgIpc) is 3.47. The van der Waals surface area contributed by atoms with Gasteiger partial charge in [0.25, 0.3) is 5.91 Å². The summed E-state index contributed by atoms with van der Waals surface area (Å²) < 4.78 is 52.8. The number of H-pyrrole nitrogens is 1. The van der Waals surface area contributed by atoms with E-state index in [9.17, 15) is 27.2 Å². The molecule has 3 aromatic rings. The number of aromatic amines is 1. The maximum Gasteiger partial charge on any atom is 0.432 e. The Morgan fingerprint density at radius 1 is 1.19 bits per heavy atom. The van der Waals surface area contributed by atoms with E-state index < -0.39 is 41.1 Å². The number of hydrogen-bond acceptors (Lipinski definition) is 5. The third-order valence-corrected chi connectivity index (χ3v) is 5.06. The lowest BCUT2D eigenvalue weighted by molar-refractivity contribution is -0.141. The first-order valence-electron chi connectivity index (χ1n) is 9.24. The minimum Gasteiger partial charge on any atom is -0.383 e. The van der Waals surface area contributed by atoms with Crippen molar-refractivity contribution < 1.29 is 27.2 Å². The second-order valence-electron chi connectivity index (χ2n) is 7.02. The van der Waals surface area contributed by atoms with Gasteiger partial charge in [-0.3, -0.25) is 14.7 Å². The lowest BCUT2D eigenvalue weighted by Crippen LogP contribution is -2.40. The number of amides is 1. The Bertz CT molecular complexity index is 1140. The zero-order chi connectivity index (χ0) is 22.3.